The fraction of sp³-hybridized carbons (Fsp3) is 0.474. The average Bonchev–Trinajstić information content (AvgIpc) is 2.67. The highest BCUT2D eigenvalue weighted by Crippen LogP contribution is 2.26. The number of Topliss-reactive ketones (excluding diaryl/α,β-unsaturated/α-hetero) is 1. The SMILES string of the molecule is CCOC(=O)C(CC(=O)c1cccc(Cl)c1Cl)NC(C(=O)OCC)C(=O)OCC. The summed E-state index contributed by atoms with van der Waals surface area (Å²) in [6, 6.07) is 1.57. The van der Waals surface area contributed by atoms with Crippen molar-refractivity contribution in [3.05, 3.63) is 33.8 Å². The molecule has 1 aromatic rings. The highest BCUT2D eigenvalue weighted by atomic mass is 35.5. The molecule has 1 aromatic carbocycles. The Morgan fingerprint density at radius 2 is 1.41 bits per heavy atom. The van der Waals surface area contributed by atoms with Gasteiger partial charge in [0.2, 0.25) is 6.04 Å². The molecular formula is C19H23Cl2NO7. The number of ether oxygens (including phenoxy) is 3. The van der Waals surface area contributed by atoms with Gasteiger partial charge in [0.15, 0.2) is 5.78 Å². The summed E-state index contributed by atoms with van der Waals surface area (Å²) in [5.74, 6) is -3.23. The van der Waals surface area contributed by atoms with Crippen LogP contribution in [0, 0.1) is 0 Å². The van der Waals surface area contributed by atoms with Gasteiger partial charge in [-0.1, -0.05) is 29.3 Å². The summed E-state index contributed by atoms with van der Waals surface area (Å²) in [4.78, 5) is 49.4. The van der Waals surface area contributed by atoms with Crippen molar-refractivity contribution in [2.75, 3.05) is 19.8 Å². The van der Waals surface area contributed by atoms with Crippen LogP contribution in [-0.4, -0.2) is 55.6 Å². The largest absolute Gasteiger partial charge is 0.465 e. The van der Waals surface area contributed by atoms with Gasteiger partial charge in [-0.15, -0.1) is 0 Å². The van der Waals surface area contributed by atoms with Crippen LogP contribution in [0.4, 0.5) is 0 Å². The number of hydrogen-bond acceptors (Lipinski definition) is 8. The fourth-order valence-corrected chi connectivity index (χ4v) is 2.76. The summed E-state index contributed by atoms with van der Waals surface area (Å²) in [6.45, 7) is 4.77. The van der Waals surface area contributed by atoms with Crippen LogP contribution in [0.5, 0.6) is 0 Å². The number of esters is 3. The van der Waals surface area contributed by atoms with Crippen molar-refractivity contribution >= 4 is 46.9 Å². The zero-order chi connectivity index (χ0) is 22.0. The van der Waals surface area contributed by atoms with Crippen molar-refractivity contribution in [1.82, 2.24) is 5.32 Å². The number of nitrogens with one attached hydrogen (secondary N) is 1. The minimum Gasteiger partial charge on any atom is -0.465 e. The molecule has 1 N–H and O–H groups in total. The van der Waals surface area contributed by atoms with Crippen LogP contribution in [0.1, 0.15) is 37.6 Å². The molecule has 0 amide bonds. The molecule has 0 spiro atoms. The van der Waals surface area contributed by atoms with Crippen LogP contribution in [-0.2, 0) is 28.6 Å². The molecule has 0 bridgehead atoms. The molecule has 0 fully saturated rings. The summed E-state index contributed by atoms with van der Waals surface area (Å²) in [6.07, 6.45) is -0.436. The molecule has 0 saturated heterocycles. The number of hydrogen-bond donors (Lipinski definition) is 1. The van der Waals surface area contributed by atoms with E-state index in [1.165, 1.54) is 18.2 Å². The quantitative estimate of drug-likeness (QED) is 0.238. The number of ketones is 1. The number of benzene rings is 1. The normalized spacial score (nSPS) is 11.7. The van der Waals surface area contributed by atoms with Crippen LogP contribution in [0.3, 0.4) is 0 Å². The zero-order valence-corrected chi connectivity index (χ0v) is 17.8. The van der Waals surface area contributed by atoms with Gasteiger partial charge in [-0.25, -0.2) is 9.59 Å². The molecular weight excluding hydrogens is 425 g/mol. The Balaban J connectivity index is 3.13. The second kappa shape index (κ2) is 12.4. The molecule has 10 heteroatoms. The maximum absolute atomic E-state index is 12.7. The van der Waals surface area contributed by atoms with Crippen molar-refractivity contribution in [3.8, 4) is 0 Å². The lowest BCUT2D eigenvalue weighted by Gasteiger charge is -2.22. The lowest BCUT2D eigenvalue weighted by atomic mass is 10.0. The van der Waals surface area contributed by atoms with Gasteiger partial charge in [0.05, 0.1) is 29.9 Å². The Bertz CT molecular complexity index is 736. The summed E-state index contributed by atoms with van der Waals surface area (Å²) < 4.78 is 14.7. The first-order valence-corrected chi connectivity index (χ1v) is 9.75. The molecule has 0 aliphatic rings. The Morgan fingerprint density at radius 1 is 0.897 bits per heavy atom. The van der Waals surface area contributed by atoms with E-state index in [2.05, 4.69) is 5.32 Å². The number of halogens is 2. The average molecular weight is 448 g/mol. The standard InChI is InChI=1S/C19H23Cl2NO7/c1-4-27-17(24)13(10-14(23)11-8-7-9-12(20)15(11)21)22-16(18(25)28-5-2)19(26)29-6-3/h7-9,13,16,22H,4-6,10H2,1-3H3. The van der Waals surface area contributed by atoms with E-state index in [1.54, 1.807) is 20.8 Å². The van der Waals surface area contributed by atoms with Gasteiger partial charge < -0.3 is 14.2 Å². The predicted octanol–water partition coefficient (Wildman–Crippen LogP) is 2.58. The molecule has 0 saturated carbocycles. The van der Waals surface area contributed by atoms with Gasteiger partial charge >= 0.3 is 17.9 Å². The van der Waals surface area contributed by atoms with E-state index in [0.29, 0.717) is 0 Å². The molecule has 1 rings (SSSR count). The predicted molar refractivity (Wildman–Crippen MR) is 106 cm³/mol. The monoisotopic (exact) mass is 447 g/mol. The third-order valence-electron chi connectivity index (χ3n) is 3.63. The minimum absolute atomic E-state index is 0.0115. The maximum Gasteiger partial charge on any atom is 0.334 e. The lowest BCUT2D eigenvalue weighted by molar-refractivity contribution is -0.159. The van der Waals surface area contributed by atoms with Crippen LogP contribution in [0.2, 0.25) is 10.0 Å². The van der Waals surface area contributed by atoms with Crippen molar-refractivity contribution in [2.24, 2.45) is 0 Å². The van der Waals surface area contributed by atoms with Gasteiger partial charge in [-0.05, 0) is 32.9 Å². The second-order valence-electron chi connectivity index (χ2n) is 5.64. The summed E-state index contributed by atoms with van der Waals surface area (Å²) in [5.41, 5.74) is 0.0964. The Hall–Kier alpha value is -2.16. The highest BCUT2D eigenvalue weighted by Gasteiger charge is 2.36. The maximum atomic E-state index is 12.7. The third-order valence-corrected chi connectivity index (χ3v) is 4.44. The molecule has 29 heavy (non-hydrogen) atoms. The molecule has 0 heterocycles. The Morgan fingerprint density at radius 3 is 1.93 bits per heavy atom. The summed E-state index contributed by atoms with van der Waals surface area (Å²) in [5, 5.41) is 2.73. The first-order chi connectivity index (χ1) is 13.8. The van der Waals surface area contributed by atoms with Crippen LogP contribution in [0.25, 0.3) is 0 Å². The summed E-state index contributed by atoms with van der Waals surface area (Å²) in [7, 11) is 0. The van der Waals surface area contributed by atoms with E-state index in [0.717, 1.165) is 0 Å². The number of carbonyl (C=O) groups is 4. The second-order valence-corrected chi connectivity index (χ2v) is 6.42. The van der Waals surface area contributed by atoms with Crippen molar-refractivity contribution in [2.45, 2.75) is 39.3 Å². The van der Waals surface area contributed by atoms with Gasteiger partial charge in [0.25, 0.3) is 0 Å². The molecule has 0 radical (unpaired) electrons. The molecule has 8 nitrogen and oxygen atoms in total. The van der Waals surface area contributed by atoms with Crippen molar-refractivity contribution in [1.29, 1.82) is 0 Å². The molecule has 0 aromatic heterocycles. The lowest BCUT2D eigenvalue weighted by Crippen LogP contribution is -2.53. The van der Waals surface area contributed by atoms with Crippen molar-refractivity contribution in [3.63, 3.8) is 0 Å². The van der Waals surface area contributed by atoms with Gasteiger partial charge in [-0.3, -0.25) is 14.9 Å². The first-order valence-electron chi connectivity index (χ1n) is 8.99. The smallest absolute Gasteiger partial charge is 0.334 e. The van der Waals surface area contributed by atoms with E-state index in [9.17, 15) is 19.2 Å². The van der Waals surface area contributed by atoms with E-state index in [4.69, 9.17) is 37.4 Å². The van der Waals surface area contributed by atoms with Crippen molar-refractivity contribution < 1.29 is 33.4 Å². The molecule has 0 aliphatic heterocycles. The van der Waals surface area contributed by atoms with E-state index in [1.807, 2.05) is 0 Å². The van der Waals surface area contributed by atoms with E-state index in [-0.39, 0.29) is 35.4 Å². The molecule has 1 unspecified atom stereocenters. The molecule has 1 atom stereocenters. The number of rotatable bonds is 11. The fourth-order valence-electron chi connectivity index (χ4n) is 2.35. The van der Waals surface area contributed by atoms with Crippen LogP contribution < -0.4 is 5.32 Å². The van der Waals surface area contributed by atoms with Crippen LogP contribution >= 0.6 is 23.2 Å². The van der Waals surface area contributed by atoms with Gasteiger partial charge in [0.1, 0.15) is 6.04 Å². The first kappa shape index (κ1) is 24.9. The highest BCUT2D eigenvalue weighted by molar-refractivity contribution is 6.43. The number of carbonyl (C=O) groups excluding carboxylic acids is 4. The van der Waals surface area contributed by atoms with Crippen LogP contribution in [0.15, 0.2) is 18.2 Å². The van der Waals surface area contributed by atoms with Gasteiger partial charge in [0, 0.05) is 12.0 Å². The van der Waals surface area contributed by atoms with E-state index >= 15 is 0 Å². The molecule has 0 aliphatic carbocycles. The van der Waals surface area contributed by atoms with E-state index < -0.39 is 42.2 Å². The van der Waals surface area contributed by atoms with Gasteiger partial charge in [-0.2, -0.15) is 0 Å². The summed E-state index contributed by atoms with van der Waals surface area (Å²) >= 11 is 12.0. The zero-order valence-electron chi connectivity index (χ0n) is 16.3. The third kappa shape index (κ3) is 7.30. The topological polar surface area (TPSA) is 108 Å². The Labute approximate surface area is 178 Å². The Kier molecular flexibility index (Phi) is 10.6. The minimum atomic E-state index is -1.60. The molecule has 160 valence electrons.